The zero-order valence-corrected chi connectivity index (χ0v) is 14.1. The molecule has 0 unspecified atom stereocenters. The summed E-state index contributed by atoms with van der Waals surface area (Å²) in [5, 5.41) is 11.7. The fourth-order valence-electron chi connectivity index (χ4n) is 3.15. The first-order valence-corrected chi connectivity index (χ1v) is 9.28. The van der Waals surface area contributed by atoms with Crippen LogP contribution in [-0.4, -0.2) is 28.3 Å². The van der Waals surface area contributed by atoms with Gasteiger partial charge in [0.05, 0.1) is 6.54 Å². The van der Waals surface area contributed by atoms with Crippen LogP contribution in [0.1, 0.15) is 55.4 Å². The number of nitrogens with one attached hydrogen (secondary N) is 1. The SMILES string of the molecule is Cc1noc(C)c1S(=O)(=O)NCc1nncn1C1CCCCC1. The van der Waals surface area contributed by atoms with Crippen LogP contribution in [0.5, 0.6) is 0 Å². The lowest BCUT2D eigenvalue weighted by Crippen LogP contribution is -2.27. The summed E-state index contributed by atoms with van der Waals surface area (Å²) in [5.74, 6) is 0.913. The van der Waals surface area contributed by atoms with E-state index in [1.54, 1.807) is 20.2 Å². The van der Waals surface area contributed by atoms with Crippen LogP contribution in [0.25, 0.3) is 0 Å². The van der Waals surface area contributed by atoms with Gasteiger partial charge in [-0.15, -0.1) is 10.2 Å². The molecule has 0 atom stereocenters. The summed E-state index contributed by atoms with van der Waals surface area (Å²) in [4.78, 5) is 0.0984. The van der Waals surface area contributed by atoms with Crippen molar-refractivity contribution >= 4 is 10.0 Å². The van der Waals surface area contributed by atoms with Gasteiger partial charge in [0.25, 0.3) is 0 Å². The number of aromatic nitrogens is 4. The quantitative estimate of drug-likeness (QED) is 0.892. The fraction of sp³-hybridized carbons (Fsp3) is 0.643. The van der Waals surface area contributed by atoms with Crippen LogP contribution in [0.15, 0.2) is 15.7 Å². The van der Waals surface area contributed by atoms with E-state index in [0.29, 0.717) is 17.6 Å². The highest BCUT2D eigenvalue weighted by molar-refractivity contribution is 7.89. The first-order valence-electron chi connectivity index (χ1n) is 7.80. The second-order valence-electron chi connectivity index (χ2n) is 5.92. The van der Waals surface area contributed by atoms with Gasteiger partial charge in [0.15, 0.2) is 5.76 Å². The zero-order valence-electron chi connectivity index (χ0n) is 13.3. The molecular weight excluding hydrogens is 318 g/mol. The van der Waals surface area contributed by atoms with Gasteiger partial charge in [-0.1, -0.05) is 24.4 Å². The molecule has 2 heterocycles. The minimum Gasteiger partial charge on any atom is -0.360 e. The number of aryl methyl sites for hydroxylation is 2. The van der Waals surface area contributed by atoms with E-state index in [9.17, 15) is 8.42 Å². The number of sulfonamides is 1. The fourth-order valence-corrected chi connectivity index (χ4v) is 4.45. The molecule has 0 bridgehead atoms. The summed E-state index contributed by atoms with van der Waals surface area (Å²) in [7, 11) is -3.69. The van der Waals surface area contributed by atoms with Gasteiger partial charge in [-0.25, -0.2) is 13.1 Å². The maximum Gasteiger partial charge on any atom is 0.246 e. The molecule has 0 radical (unpaired) electrons. The predicted octanol–water partition coefficient (Wildman–Crippen LogP) is 1.87. The van der Waals surface area contributed by atoms with Crippen molar-refractivity contribution in [2.75, 3.05) is 0 Å². The maximum atomic E-state index is 12.4. The third-order valence-corrected chi connectivity index (χ3v) is 5.92. The highest BCUT2D eigenvalue weighted by atomic mass is 32.2. The lowest BCUT2D eigenvalue weighted by molar-refractivity contribution is 0.344. The molecule has 1 N–H and O–H groups in total. The molecule has 9 heteroatoms. The Morgan fingerprint density at radius 1 is 1.30 bits per heavy atom. The predicted molar refractivity (Wildman–Crippen MR) is 82.1 cm³/mol. The van der Waals surface area contributed by atoms with Crippen molar-refractivity contribution in [3.8, 4) is 0 Å². The van der Waals surface area contributed by atoms with Gasteiger partial charge >= 0.3 is 0 Å². The van der Waals surface area contributed by atoms with Crippen molar-refractivity contribution in [3.63, 3.8) is 0 Å². The van der Waals surface area contributed by atoms with E-state index in [2.05, 4.69) is 20.1 Å². The molecule has 0 aliphatic heterocycles. The van der Waals surface area contributed by atoms with E-state index in [1.807, 2.05) is 4.57 Å². The molecule has 1 aliphatic carbocycles. The van der Waals surface area contributed by atoms with Crippen LogP contribution < -0.4 is 4.72 Å². The van der Waals surface area contributed by atoms with Gasteiger partial charge < -0.3 is 9.09 Å². The van der Waals surface area contributed by atoms with Crippen LogP contribution in [0.3, 0.4) is 0 Å². The van der Waals surface area contributed by atoms with Gasteiger partial charge in [-0.2, -0.15) is 0 Å². The molecular formula is C14H21N5O3S. The highest BCUT2D eigenvalue weighted by Crippen LogP contribution is 2.28. The molecule has 23 heavy (non-hydrogen) atoms. The number of hydrogen-bond acceptors (Lipinski definition) is 6. The molecule has 0 saturated heterocycles. The minimum absolute atomic E-state index is 0.0984. The van der Waals surface area contributed by atoms with Crippen molar-refractivity contribution in [1.29, 1.82) is 0 Å². The molecule has 1 aliphatic rings. The van der Waals surface area contributed by atoms with Crippen molar-refractivity contribution in [2.45, 2.75) is 63.4 Å². The summed E-state index contributed by atoms with van der Waals surface area (Å²) in [6, 6.07) is 0.359. The van der Waals surface area contributed by atoms with Crippen LogP contribution in [0, 0.1) is 13.8 Å². The van der Waals surface area contributed by atoms with Gasteiger partial charge in [0.2, 0.25) is 10.0 Å². The van der Waals surface area contributed by atoms with Crippen LogP contribution in [0.4, 0.5) is 0 Å². The van der Waals surface area contributed by atoms with Crippen LogP contribution >= 0.6 is 0 Å². The Kier molecular flexibility index (Phi) is 4.49. The summed E-state index contributed by atoms with van der Waals surface area (Å²) >= 11 is 0. The third-order valence-electron chi connectivity index (χ3n) is 4.27. The standard InChI is InChI=1S/C14H21N5O3S/c1-10-14(11(2)22-18-10)23(20,21)16-8-13-17-15-9-19(13)12-6-4-3-5-7-12/h9,12,16H,3-8H2,1-2H3. The Labute approximate surface area is 135 Å². The van der Waals surface area contributed by atoms with E-state index in [0.717, 1.165) is 12.8 Å². The molecule has 0 aromatic carbocycles. The van der Waals surface area contributed by atoms with E-state index in [1.165, 1.54) is 19.3 Å². The molecule has 1 saturated carbocycles. The summed E-state index contributed by atoms with van der Waals surface area (Å²) in [6.45, 7) is 3.29. The molecule has 8 nitrogen and oxygen atoms in total. The van der Waals surface area contributed by atoms with Gasteiger partial charge in [-0.3, -0.25) is 0 Å². The number of rotatable bonds is 5. The summed E-state index contributed by atoms with van der Waals surface area (Å²) < 4.78 is 34.4. The number of hydrogen-bond donors (Lipinski definition) is 1. The van der Waals surface area contributed by atoms with Gasteiger partial charge in [-0.05, 0) is 26.7 Å². The topological polar surface area (TPSA) is 103 Å². The maximum absolute atomic E-state index is 12.4. The van der Waals surface area contributed by atoms with Crippen LogP contribution in [-0.2, 0) is 16.6 Å². The van der Waals surface area contributed by atoms with Crippen molar-refractivity contribution in [3.05, 3.63) is 23.6 Å². The van der Waals surface area contributed by atoms with E-state index in [4.69, 9.17) is 4.52 Å². The first-order chi connectivity index (χ1) is 11.0. The normalized spacial score (nSPS) is 16.8. The Balaban J connectivity index is 1.75. The molecule has 0 amide bonds. The average Bonchev–Trinajstić information content (AvgIpc) is 3.13. The van der Waals surface area contributed by atoms with Crippen molar-refractivity contribution in [1.82, 2.24) is 24.6 Å². The smallest absolute Gasteiger partial charge is 0.246 e. The molecule has 1 fully saturated rings. The van der Waals surface area contributed by atoms with Gasteiger partial charge in [0, 0.05) is 6.04 Å². The van der Waals surface area contributed by atoms with Gasteiger partial charge in [0.1, 0.15) is 22.7 Å². The highest BCUT2D eigenvalue weighted by Gasteiger charge is 2.25. The van der Waals surface area contributed by atoms with Crippen molar-refractivity contribution in [2.24, 2.45) is 0 Å². The summed E-state index contributed by atoms with van der Waals surface area (Å²) in [5.41, 5.74) is 0.351. The van der Waals surface area contributed by atoms with E-state index in [-0.39, 0.29) is 17.2 Å². The van der Waals surface area contributed by atoms with E-state index < -0.39 is 10.0 Å². The van der Waals surface area contributed by atoms with E-state index >= 15 is 0 Å². The second-order valence-corrected chi connectivity index (χ2v) is 7.63. The van der Waals surface area contributed by atoms with Crippen LogP contribution in [0.2, 0.25) is 0 Å². The lowest BCUT2D eigenvalue weighted by atomic mass is 9.95. The third kappa shape index (κ3) is 3.30. The zero-order chi connectivity index (χ0) is 16.4. The number of nitrogens with zero attached hydrogens (tertiary/aromatic N) is 4. The molecule has 3 rings (SSSR count). The molecule has 2 aromatic heterocycles. The first kappa shape index (κ1) is 16.1. The summed E-state index contributed by atoms with van der Waals surface area (Å²) in [6.07, 6.45) is 7.49. The average molecular weight is 339 g/mol. The Hall–Kier alpha value is -1.74. The lowest BCUT2D eigenvalue weighted by Gasteiger charge is -2.24. The second kappa shape index (κ2) is 6.40. The minimum atomic E-state index is -3.69. The Morgan fingerprint density at radius 3 is 2.70 bits per heavy atom. The molecule has 0 spiro atoms. The Morgan fingerprint density at radius 2 is 2.04 bits per heavy atom. The Bertz CT molecular complexity index is 755. The molecule has 126 valence electrons. The van der Waals surface area contributed by atoms with Crippen molar-refractivity contribution < 1.29 is 12.9 Å². The largest absolute Gasteiger partial charge is 0.360 e. The molecule has 2 aromatic rings. The monoisotopic (exact) mass is 339 g/mol.